The molecular weight excluding hydrogens is 366 g/mol. The molecule has 0 saturated heterocycles. The lowest BCUT2D eigenvalue weighted by Gasteiger charge is -2.22. The van der Waals surface area contributed by atoms with Gasteiger partial charge in [0.1, 0.15) is 5.75 Å². The van der Waals surface area contributed by atoms with Crippen LogP contribution in [0.25, 0.3) is 32.8 Å². The second-order valence-electron chi connectivity index (χ2n) is 7.35. The van der Waals surface area contributed by atoms with Crippen LogP contribution < -0.4 is 4.74 Å². The van der Waals surface area contributed by atoms with Crippen molar-refractivity contribution < 1.29 is 19.7 Å². The maximum absolute atomic E-state index is 11.7. The van der Waals surface area contributed by atoms with Crippen LogP contribution in [0.3, 0.4) is 0 Å². The molecule has 29 heavy (non-hydrogen) atoms. The highest BCUT2D eigenvalue weighted by Crippen LogP contribution is 2.43. The number of carbonyl (C=O) groups is 1. The summed E-state index contributed by atoms with van der Waals surface area (Å²) in [5.41, 5.74) is 4.55. The van der Waals surface area contributed by atoms with E-state index in [-0.39, 0.29) is 0 Å². The second-order valence-corrected chi connectivity index (χ2v) is 7.35. The highest BCUT2D eigenvalue weighted by atomic mass is 16.5. The van der Waals surface area contributed by atoms with Crippen LogP contribution in [0, 0.1) is 6.92 Å². The summed E-state index contributed by atoms with van der Waals surface area (Å²) in [6.07, 6.45) is 0.951. The van der Waals surface area contributed by atoms with E-state index < -0.39 is 12.1 Å². The fraction of sp³-hybridized carbons (Fsp3) is 0.167. The molecule has 1 aliphatic heterocycles. The zero-order valence-corrected chi connectivity index (χ0v) is 15.8. The normalized spacial score (nSPS) is 14.0. The van der Waals surface area contributed by atoms with Crippen molar-refractivity contribution in [2.45, 2.75) is 19.4 Å². The molecule has 0 fully saturated rings. The minimum atomic E-state index is -1.63. The molecule has 5 heteroatoms. The van der Waals surface area contributed by atoms with Gasteiger partial charge in [0, 0.05) is 29.1 Å². The lowest BCUT2D eigenvalue weighted by atomic mass is 9.86. The summed E-state index contributed by atoms with van der Waals surface area (Å²) in [6, 6.07) is 15.6. The smallest absolute Gasteiger partial charge is 0.337 e. The van der Waals surface area contributed by atoms with Gasteiger partial charge in [0.05, 0.1) is 12.1 Å². The Morgan fingerprint density at radius 2 is 2.00 bits per heavy atom. The number of aryl methyl sites for hydroxylation is 1. The van der Waals surface area contributed by atoms with Crippen molar-refractivity contribution >= 4 is 27.6 Å². The number of hydrogen-bond donors (Lipinski definition) is 2. The van der Waals surface area contributed by atoms with Crippen molar-refractivity contribution in [3.05, 3.63) is 71.4 Å². The van der Waals surface area contributed by atoms with Crippen LogP contribution in [0.2, 0.25) is 0 Å². The Balaban J connectivity index is 1.95. The van der Waals surface area contributed by atoms with Crippen molar-refractivity contribution in [2.24, 2.45) is 0 Å². The van der Waals surface area contributed by atoms with Crippen LogP contribution in [0.5, 0.6) is 5.75 Å². The first-order valence-electron chi connectivity index (χ1n) is 9.53. The van der Waals surface area contributed by atoms with Crippen LogP contribution in [-0.4, -0.2) is 27.8 Å². The number of fused-ring (bicyclic) bond motifs is 1. The molecule has 144 valence electrons. The van der Waals surface area contributed by atoms with E-state index in [1.165, 1.54) is 0 Å². The Morgan fingerprint density at radius 3 is 2.83 bits per heavy atom. The predicted octanol–water partition coefficient (Wildman–Crippen LogP) is 4.42. The molecule has 0 aliphatic carbocycles. The molecule has 0 bridgehead atoms. The van der Waals surface area contributed by atoms with Gasteiger partial charge in [-0.25, -0.2) is 4.79 Å². The summed E-state index contributed by atoms with van der Waals surface area (Å²) < 4.78 is 5.83. The highest BCUT2D eigenvalue weighted by Gasteiger charge is 2.27. The number of carboxylic acids is 1. The van der Waals surface area contributed by atoms with Gasteiger partial charge in [0.25, 0.3) is 0 Å². The van der Waals surface area contributed by atoms with Gasteiger partial charge < -0.3 is 14.9 Å². The van der Waals surface area contributed by atoms with Crippen LogP contribution in [0.4, 0.5) is 0 Å². The third-order valence-electron chi connectivity index (χ3n) is 5.64. The average Bonchev–Trinajstić information content (AvgIpc) is 2.73. The minimum Gasteiger partial charge on any atom is -0.493 e. The highest BCUT2D eigenvalue weighted by molar-refractivity contribution is 6.08. The quantitative estimate of drug-likeness (QED) is 0.546. The van der Waals surface area contributed by atoms with E-state index in [0.717, 1.165) is 50.5 Å². The third kappa shape index (κ3) is 2.66. The number of aromatic nitrogens is 1. The van der Waals surface area contributed by atoms with Gasteiger partial charge in [-0.2, -0.15) is 0 Å². The zero-order chi connectivity index (χ0) is 20.1. The summed E-state index contributed by atoms with van der Waals surface area (Å²) >= 11 is 0. The summed E-state index contributed by atoms with van der Waals surface area (Å²) in [4.78, 5) is 16.3. The minimum absolute atomic E-state index is 0.399. The molecule has 5 nitrogen and oxygen atoms in total. The Kier molecular flexibility index (Phi) is 4.00. The van der Waals surface area contributed by atoms with Crippen LogP contribution in [-0.2, 0) is 11.2 Å². The predicted molar refractivity (Wildman–Crippen MR) is 111 cm³/mol. The van der Waals surface area contributed by atoms with Crippen LogP contribution in [0.15, 0.2) is 54.7 Å². The number of rotatable bonds is 3. The van der Waals surface area contributed by atoms with Gasteiger partial charge in [0.2, 0.25) is 0 Å². The first-order chi connectivity index (χ1) is 14.1. The van der Waals surface area contributed by atoms with E-state index >= 15 is 0 Å². The molecule has 3 aromatic carbocycles. The Hall–Kier alpha value is -3.44. The van der Waals surface area contributed by atoms with Gasteiger partial charge in [-0.1, -0.05) is 30.3 Å². The molecule has 1 aliphatic rings. The van der Waals surface area contributed by atoms with E-state index in [1.807, 2.05) is 55.5 Å². The zero-order valence-electron chi connectivity index (χ0n) is 15.8. The summed E-state index contributed by atoms with van der Waals surface area (Å²) in [5.74, 6) is -0.487. The lowest BCUT2D eigenvalue weighted by molar-refractivity contribution is -0.146. The molecule has 1 atom stereocenters. The number of aliphatic hydroxyl groups excluding tert-OH is 1. The molecule has 2 heterocycles. The van der Waals surface area contributed by atoms with Crippen molar-refractivity contribution in [3.63, 3.8) is 0 Å². The van der Waals surface area contributed by atoms with E-state index in [2.05, 4.69) is 4.98 Å². The average molecular weight is 385 g/mol. The molecule has 0 spiro atoms. The fourth-order valence-electron chi connectivity index (χ4n) is 4.37. The number of aliphatic carboxylic acids is 1. The number of nitrogens with zero attached hydrogens (tertiary/aromatic N) is 1. The maximum atomic E-state index is 11.7. The van der Waals surface area contributed by atoms with Crippen LogP contribution in [0.1, 0.15) is 22.8 Å². The number of pyridine rings is 1. The molecule has 2 N–H and O–H groups in total. The van der Waals surface area contributed by atoms with E-state index in [9.17, 15) is 15.0 Å². The van der Waals surface area contributed by atoms with Gasteiger partial charge in [-0.3, -0.25) is 4.98 Å². The summed E-state index contributed by atoms with van der Waals surface area (Å²) in [5, 5.41) is 23.0. The standard InChI is InChI=1S/C24H19NO4/c1-13-12-15-4-2-3-5-16(15)21(19(13)23(26)24(27)28)17-6-7-18-20-14(9-11-29-18)8-10-25-22(17)20/h2-8,10,12,23,26H,9,11H2,1H3,(H,27,28)/t23-/m1/s1. The number of benzene rings is 3. The number of hydrogen-bond acceptors (Lipinski definition) is 4. The number of aliphatic hydroxyl groups is 1. The molecular formula is C24H19NO4. The maximum Gasteiger partial charge on any atom is 0.337 e. The van der Waals surface area contributed by atoms with Gasteiger partial charge in [0.15, 0.2) is 6.10 Å². The topological polar surface area (TPSA) is 79.7 Å². The molecule has 0 radical (unpaired) electrons. The van der Waals surface area contributed by atoms with Crippen molar-refractivity contribution in [3.8, 4) is 16.9 Å². The molecule has 0 unspecified atom stereocenters. The van der Waals surface area contributed by atoms with Crippen molar-refractivity contribution in [1.29, 1.82) is 0 Å². The molecule has 4 aromatic rings. The molecule has 0 saturated carbocycles. The van der Waals surface area contributed by atoms with Crippen molar-refractivity contribution in [1.82, 2.24) is 4.98 Å². The molecule has 1 aromatic heterocycles. The Bertz CT molecular complexity index is 1290. The SMILES string of the molecule is Cc1cc2ccccc2c(-c2ccc3c4c(ccnc24)CCO3)c1[C@@H](O)C(=O)O. The van der Waals surface area contributed by atoms with Gasteiger partial charge in [-0.15, -0.1) is 0 Å². The molecule has 5 rings (SSSR count). The Morgan fingerprint density at radius 1 is 1.17 bits per heavy atom. The summed E-state index contributed by atoms with van der Waals surface area (Å²) in [7, 11) is 0. The third-order valence-corrected chi connectivity index (χ3v) is 5.64. The number of ether oxygens (including phenoxy) is 1. The monoisotopic (exact) mass is 385 g/mol. The second kappa shape index (κ2) is 6.57. The molecule has 0 amide bonds. The van der Waals surface area contributed by atoms with Gasteiger partial charge >= 0.3 is 5.97 Å². The number of carboxylic acid groups (broad SMARTS) is 1. The lowest BCUT2D eigenvalue weighted by Crippen LogP contribution is -2.14. The van der Waals surface area contributed by atoms with E-state index in [0.29, 0.717) is 17.7 Å². The van der Waals surface area contributed by atoms with Gasteiger partial charge in [-0.05, 0) is 52.6 Å². The van der Waals surface area contributed by atoms with E-state index in [1.54, 1.807) is 6.20 Å². The largest absolute Gasteiger partial charge is 0.493 e. The van der Waals surface area contributed by atoms with E-state index in [4.69, 9.17) is 4.74 Å². The fourth-order valence-corrected chi connectivity index (χ4v) is 4.37. The summed E-state index contributed by atoms with van der Waals surface area (Å²) in [6.45, 7) is 2.46. The first-order valence-corrected chi connectivity index (χ1v) is 9.53. The van der Waals surface area contributed by atoms with Crippen LogP contribution >= 0.6 is 0 Å². The Labute approximate surface area is 167 Å². The van der Waals surface area contributed by atoms with Crippen molar-refractivity contribution in [2.75, 3.05) is 6.61 Å². The first kappa shape index (κ1) is 17.6.